The van der Waals surface area contributed by atoms with E-state index in [1.54, 1.807) is 0 Å². The minimum Gasteiger partial charge on any atom is -0.486 e. The summed E-state index contributed by atoms with van der Waals surface area (Å²) in [5.74, 6) is 2.53. The van der Waals surface area contributed by atoms with Crippen LogP contribution in [0.4, 0.5) is 0 Å². The lowest BCUT2D eigenvalue weighted by Crippen LogP contribution is -2.41. The number of fused-ring (bicyclic) bond motifs is 1. The lowest BCUT2D eigenvalue weighted by molar-refractivity contribution is 0.0886. The molecule has 0 aliphatic carbocycles. The molecule has 2 heterocycles. The predicted octanol–water partition coefficient (Wildman–Crippen LogP) is 1.76. The minimum atomic E-state index is 0.121. The van der Waals surface area contributed by atoms with Crippen LogP contribution in [0.5, 0.6) is 11.5 Å². The highest BCUT2D eigenvalue weighted by molar-refractivity contribution is 5.40. The number of hydrogen-bond donors (Lipinski definition) is 1. The number of benzene rings is 1. The first-order valence-electron chi connectivity index (χ1n) is 7.59. The average molecular weight is 276 g/mol. The van der Waals surface area contributed by atoms with E-state index in [1.165, 1.54) is 25.9 Å². The number of likely N-dealkylation sites (tertiary alicyclic amines) is 1. The third-order valence-electron chi connectivity index (χ3n) is 4.21. The Kier molecular flexibility index (Phi) is 4.43. The summed E-state index contributed by atoms with van der Waals surface area (Å²) in [7, 11) is 2.20. The van der Waals surface area contributed by atoms with Crippen LogP contribution >= 0.6 is 0 Å². The summed E-state index contributed by atoms with van der Waals surface area (Å²) in [6.07, 6.45) is 2.72. The molecule has 0 saturated carbocycles. The first-order valence-corrected chi connectivity index (χ1v) is 7.59. The molecule has 0 aromatic heterocycles. The van der Waals surface area contributed by atoms with Crippen molar-refractivity contribution in [2.24, 2.45) is 5.92 Å². The number of hydrogen-bond acceptors (Lipinski definition) is 4. The van der Waals surface area contributed by atoms with Crippen molar-refractivity contribution in [1.82, 2.24) is 10.2 Å². The molecule has 3 rings (SSSR count). The molecule has 0 spiro atoms. The van der Waals surface area contributed by atoms with E-state index in [2.05, 4.69) is 17.3 Å². The van der Waals surface area contributed by atoms with Crippen LogP contribution < -0.4 is 14.8 Å². The van der Waals surface area contributed by atoms with Gasteiger partial charge in [-0.2, -0.15) is 0 Å². The molecule has 0 radical (unpaired) electrons. The molecule has 110 valence electrons. The molecule has 1 aromatic carbocycles. The van der Waals surface area contributed by atoms with Gasteiger partial charge in [-0.1, -0.05) is 12.1 Å². The SMILES string of the molecule is CN1CCC(CNCC2COc3ccccc3O2)CC1. The van der Waals surface area contributed by atoms with E-state index in [-0.39, 0.29) is 6.10 Å². The zero-order chi connectivity index (χ0) is 13.8. The lowest BCUT2D eigenvalue weighted by Gasteiger charge is -2.30. The molecular formula is C16H24N2O2. The van der Waals surface area contributed by atoms with Crippen LogP contribution in [0.1, 0.15) is 12.8 Å². The summed E-state index contributed by atoms with van der Waals surface area (Å²) >= 11 is 0. The Morgan fingerprint density at radius 2 is 1.90 bits per heavy atom. The zero-order valence-corrected chi connectivity index (χ0v) is 12.2. The maximum absolute atomic E-state index is 5.94. The molecule has 0 amide bonds. The van der Waals surface area contributed by atoms with Gasteiger partial charge in [0.05, 0.1) is 0 Å². The Morgan fingerprint density at radius 3 is 2.70 bits per heavy atom. The van der Waals surface area contributed by atoms with Crippen molar-refractivity contribution >= 4 is 0 Å². The molecule has 1 unspecified atom stereocenters. The van der Waals surface area contributed by atoms with Gasteiger partial charge in [0.15, 0.2) is 11.5 Å². The molecule has 20 heavy (non-hydrogen) atoms. The van der Waals surface area contributed by atoms with E-state index in [4.69, 9.17) is 9.47 Å². The van der Waals surface area contributed by atoms with Crippen molar-refractivity contribution in [2.75, 3.05) is 39.8 Å². The van der Waals surface area contributed by atoms with Crippen LogP contribution in [-0.2, 0) is 0 Å². The van der Waals surface area contributed by atoms with Crippen LogP contribution in [0, 0.1) is 5.92 Å². The van der Waals surface area contributed by atoms with Gasteiger partial charge in [-0.3, -0.25) is 0 Å². The number of ether oxygens (including phenoxy) is 2. The second-order valence-electron chi connectivity index (χ2n) is 5.90. The van der Waals surface area contributed by atoms with Crippen LogP contribution in [-0.4, -0.2) is 50.8 Å². The minimum absolute atomic E-state index is 0.121. The quantitative estimate of drug-likeness (QED) is 0.908. The Hall–Kier alpha value is -1.26. The Labute approximate surface area is 121 Å². The maximum atomic E-state index is 5.94. The van der Waals surface area contributed by atoms with Gasteiger partial charge >= 0.3 is 0 Å². The van der Waals surface area contributed by atoms with Crippen LogP contribution in [0.3, 0.4) is 0 Å². The third kappa shape index (κ3) is 3.44. The van der Waals surface area contributed by atoms with Gasteiger partial charge in [-0.05, 0) is 57.6 Å². The van der Waals surface area contributed by atoms with Crippen molar-refractivity contribution in [3.8, 4) is 11.5 Å². The third-order valence-corrected chi connectivity index (χ3v) is 4.21. The molecule has 1 fully saturated rings. The van der Waals surface area contributed by atoms with Crippen LogP contribution in [0.15, 0.2) is 24.3 Å². The summed E-state index contributed by atoms with van der Waals surface area (Å²) in [5.41, 5.74) is 0. The number of nitrogens with one attached hydrogen (secondary N) is 1. The topological polar surface area (TPSA) is 33.7 Å². The summed E-state index contributed by atoms with van der Waals surface area (Å²) in [4.78, 5) is 2.41. The largest absolute Gasteiger partial charge is 0.486 e. The highest BCUT2D eigenvalue weighted by Gasteiger charge is 2.21. The molecule has 1 N–H and O–H groups in total. The molecule has 4 heteroatoms. The van der Waals surface area contributed by atoms with E-state index in [0.29, 0.717) is 6.61 Å². The standard InChI is InChI=1S/C16H24N2O2/c1-18-8-6-13(7-9-18)10-17-11-14-12-19-15-4-2-3-5-16(15)20-14/h2-5,13-14,17H,6-12H2,1H3. The van der Waals surface area contributed by atoms with Gasteiger partial charge in [0.2, 0.25) is 0 Å². The maximum Gasteiger partial charge on any atom is 0.161 e. The summed E-state index contributed by atoms with van der Waals surface area (Å²) < 4.78 is 11.7. The van der Waals surface area contributed by atoms with Crippen molar-refractivity contribution in [3.05, 3.63) is 24.3 Å². The average Bonchev–Trinajstić information content (AvgIpc) is 2.49. The summed E-state index contributed by atoms with van der Waals surface area (Å²) in [6.45, 7) is 5.04. The van der Waals surface area contributed by atoms with Crippen LogP contribution in [0.2, 0.25) is 0 Å². The van der Waals surface area contributed by atoms with Gasteiger partial charge in [0.1, 0.15) is 12.7 Å². The number of para-hydroxylation sites is 2. The fraction of sp³-hybridized carbons (Fsp3) is 0.625. The van der Waals surface area contributed by atoms with Gasteiger partial charge < -0.3 is 19.7 Å². The lowest BCUT2D eigenvalue weighted by atomic mass is 9.97. The Balaban J connectivity index is 1.40. The second-order valence-corrected chi connectivity index (χ2v) is 5.90. The molecule has 1 atom stereocenters. The van der Waals surface area contributed by atoms with E-state index >= 15 is 0 Å². The van der Waals surface area contributed by atoms with E-state index in [1.807, 2.05) is 24.3 Å². The fourth-order valence-electron chi connectivity index (χ4n) is 2.88. The Bertz CT molecular complexity index is 430. The molecule has 1 aromatic rings. The Morgan fingerprint density at radius 1 is 1.15 bits per heavy atom. The zero-order valence-electron chi connectivity index (χ0n) is 12.2. The molecule has 4 nitrogen and oxygen atoms in total. The molecule has 1 saturated heterocycles. The van der Waals surface area contributed by atoms with Crippen LogP contribution in [0.25, 0.3) is 0 Å². The predicted molar refractivity (Wildman–Crippen MR) is 79.4 cm³/mol. The fourth-order valence-corrected chi connectivity index (χ4v) is 2.88. The van der Waals surface area contributed by atoms with Crippen molar-refractivity contribution in [1.29, 1.82) is 0 Å². The van der Waals surface area contributed by atoms with Gasteiger partial charge in [-0.25, -0.2) is 0 Å². The normalized spacial score (nSPS) is 23.8. The van der Waals surface area contributed by atoms with E-state index in [0.717, 1.165) is 30.5 Å². The van der Waals surface area contributed by atoms with Crippen molar-refractivity contribution < 1.29 is 9.47 Å². The van der Waals surface area contributed by atoms with Gasteiger partial charge in [-0.15, -0.1) is 0 Å². The number of rotatable bonds is 4. The smallest absolute Gasteiger partial charge is 0.161 e. The number of nitrogens with zero attached hydrogens (tertiary/aromatic N) is 1. The van der Waals surface area contributed by atoms with Gasteiger partial charge in [0, 0.05) is 6.54 Å². The van der Waals surface area contributed by atoms with E-state index < -0.39 is 0 Å². The summed E-state index contributed by atoms with van der Waals surface area (Å²) in [6, 6.07) is 7.88. The first-order chi connectivity index (χ1) is 9.81. The first kappa shape index (κ1) is 13.7. The highest BCUT2D eigenvalue weighted by atomic mass is 16.6. The number of piperidine rings is 1. The highest BCUT2D eigenvalue weighted by Crippen LogP contribution is 2.30. The van der Waals surface area contributed by atoms with Gasteiger partial charge in [0.25, 0.3) is 0 Å². The second kappa shape index (κ2) is 6.46. The molecule has 0 bridgehead atoms. The molecule has 2 aliphatic heterocycles. The molecule has 2 aliphatic rings. The van der Waals surface area contributed by atoms with Crippen molar-refractivity contribution in [2.45, 2.75) is 18.9 Å². The molecular weight excluding hydrogens is 252 g/mol. The summed E-state index contributed by atoms with van der Waals surface area (Å²) in [5, 5.41) is 3.55. The van der Waals surface area contributed by atoms with Crippen molar-refractivity contribution in [3.63, 3.8) is 0 Å². The monoisotopic (exact) mass is 276 g/mol. The van der Waals surface area contributed by atoms with E-state index in [9.17, 15) is 0 Å².